The Morgan fingerprint density at radius 1 is 1.17 bits per heavy atom. The summed E-state index contributed by atoms with van der Waals surface area (Å²) in [5, 5.41) is 14.4. The third-order valence-corrected chi connectivity index (χ3v) is 5.66. The number of hydrogen-bond donors (Lipinski definition) is 3. The molecule has 0 bridgehead atoms. The Balaban J connectivity index is 1.36. The number of amidine groups is 1. The number of aliphatic hydroxyl groups excluding tert-OH is 1. The van der Waals surface area contributed by atoms with Crippen molar-refractivity contribution in [1.29, 1.82) is 0 Å². The third kappa shape index (κ3) is 6.52. The SMILES string of the molecule is O=C(CCc1cccc(Oc2ccnc(C3=NC(CO)CN3)c2)c1)Nc1ccc(Cl)c(C(F)(F)F)c1. The molecule has 11 heteroatoms. The Morgan fingerprint density at radius 3 is 2.72 bits per heavy atom. The molecular weight excluding hydrogens is 497 g/mol. The van der Waals surface area contributed by atoms with Gasteiger partial charge in [0.2, 0.25) is 5.91 Å². The van der Waals surface area contributed by atoms with Crippen LogP contribution in [-0.2, 0) is 17.4 Å². The van der Waals surface area contributed by atoms with Crippen molar-refractivity contribution in [3.63, 3.8) is 0 Å². The highest BCUT2D eigenvalue weighted by molar-refractivity contribution is 6.31. The number of aromatic nitrogens is 1. The Bertz CT molecular complexity index is 1280. The van der Waals surface area contributed by atoms with Gasteiger partial charge in [-0.15, -0.1) is 0 Å². The number of amides is 1. The number of aryl methyl sites for hydroxylation is 1. The molecule has 0 fully saturated rings. The minimum Gasteiger partial charge on any atom is -0.457 e. The molecule has 2 aromatic carbocycles. The highest BCUT2D eigenvalue weighted by Crippen LogP contribution is 2.36. The van der Waals surface area contributed by atoms with Gasteiger partial charge >= 0.3 is 6.18 Å². The highest BCUT2D eigenvalue weighted by atomic mass is 35.5. The van der Waals surface area contributed by atoms with Crippen molar-refractivity contribution in [3.05, 3.63) is 82.6 Å². The lowest BCUT2D eigenvalue weighted by atomic mass is 10.1. The number of alkyl halides is 3. The van der Waals surface area contributed by atoms with Gasteiger partial charge in [-0.2, -0.15) is 13.2 Å². The van der Waals surface area contributed by atoms with Crippen molar-refractivity contribution in [2.45, 2.75) is 25.1 Å². The summed E-state index contributed by atoms with van der Waals surface area (Å²) in [4.78, 5) is 21.0. The molecule has 3 N–H and O–H groups in total. The Labute approximate surface area is 210 Å². The molecular formula is C25H22ClF3N4O3. The van der Waals surface area contributed by atoms with Gasteiger partial charge in [0.25, 0.3) is 0 Å². The van der Waals surface area contributed by atoms with Crippen molar-refractivity contribution in [2.24, 2.45) is 4.99 Å². The van der Waals surface area contributed by atoms with E-state index in [0.717, 1.165) is 17.7 Å². The molecule has 0 radical (unpaired) electrons. The van der Waals surface area contributed by atoms with Crippen LogP contribution in [0.1, 0.15) is 23.2 Å². The first-order valence-electron chi connectivity index (χ1n) is 11.0. The number of halogens is 4. The number of rotatable bonds is 8. The topological polar surface area (TPSA) is 95.8 Å². The predicted molar refractivity (Wildman–Crippen MR) is 130 cm³/mol. The number of nitrogens with one attached hydrogen (secondary N) is 2. The molecule has 1 unspecified atom stereocenters. The van der Waals surface area contributed by atoms with E-state index in [1.54, 1.807) is 36.5 Å². The second-order valence-electron chi connectivity index (χ2n) is 8.06. The van der Waals surface area contributed by atoms with E-state index in [1.807, 2.05) is 6.07 Å². The maximum absolute atomic E-state index is 13.0. The van der Waals surface area contributed by atoms with Gasteiger partial charge in [0, 0.05) is 30.9 Å². The summed E-state index contributed by atoms with van der Waals surface area (Å²) in [6.07, 6.45) is -2.61. The number of carbonyl (C=O) groups excluding carboxylic acids is 1. The average Bonchev–Trinajstić information content (AvgIpc) is 3.33. The number of ether oxygens (including phenoxy) is 1. The van der Waals surface area contributed by atoms with Gasteiger partial charge in [0.15, 0.2) is 0 Å². The van der Waals surface area contributed by atoms with Gasteiger partial charge < -0.3 is 20.5 Å². The molecule has 2 heterocycles. The lowest BCUT2D eigenvalue weighted by molar-refractivity contribution is -0.137. The second-order valence-corrected chi connectivity index (χ2v) is 8.47. The maximum atomic E-state index is 13.0. The van der Waals surface area contributed by atoms with Crippen LogP contribution in [0.2, 0.25) is 5.02 Å². The van der Waals surface area contributed by atoms with Gasteiger partial charge in [-0.1, -0.05) is 23.7 Å². The number of anilines is 1. The van der Waals surface area contributed by atoms with Crippen LogP contribution in [-0.4, -0.2) is 41.0 Å². The number of benzene rings is 2. The summed E-state index contributed by atoms with van der Waals surface area (Å²) in [6, 6.07) is 13.6. The van der Waals surface area contributed by atoms with Crippen LogP contribution in [0.5, 0.6) is 11.5 Å². The van der Waals surface area contributed by atoms with E-state index in [4.69, 9.17) is 16.3 Å². The lowest BCUT2D eigenvalue weighted by Crippen LogP contribution is -2.23. The van der Waals surface area contributed by atoms with Crippen LogP contribution in [0.25, 0.3) is 0 Å². The minimum absolute atomic E-state index is 0.0222. The first-order chi connectivity index (χ1) is 17.2. The normalized spacial score (nSPS) is 15.2. The van der Waals surface area contributed by atoms with Gasteiger partial charge in [0.1, 0.15) is 23.0 Å². The van der Waals surface area contributed by atoms with Crippen molar-refractivity contribution in [1.82, 2.24) is 10.3 Å². The zero-order valence-electron chi connectivity index (χ0n) is 18.8. The number of hydrogen-bond acceptors (Lipinski definition) is 6. The molecule has 0 saturated heterocycles. The summed E-state index contributed by atoms with van der Waals surface area (Å²) in [5.41, 5.74) is 0.424. The molecule has 1 aromatic heterocycles. The Morgan fingerprint density at radius 2 is 1.97 bits per heavy atom. The third-order valence-electron chi connectivity index (χ3n) is 5.33. The summed E-state index contributed by atoms with van der Waals surface area (Å²) in [5.74, 6) is 1.24. The maximum Gasteiger partial charge on any atom is 0.417 e. The molecule has 3 aromatic rings. The summed E-state index contributed by atoms with van der Waals surface area (Å²) in [7, 11) is 0. The fourth-order valence-electron chi connectivity index (χ4n) is 3.56. The van der Waals surface area contributed by atoms with E-state index >= 15 is 0 Å². The minimum atomic E-state index is -4.61. The zero-order chi connectivity index (χ0) is 25.7. The molecule has 1 aliphatic heterocycles. The number of pyridine rings is 1. The van der Waals surface area contributed by atoms with E-state index in [1.165, 1.54) is 6.07 Å². The van der Waals surface area contributed by atoms with Crippen molar-refractivity contribution >= 4 is 29.0 Å². The molecule has 7 nitrogen and oxygen atoms in total. The van der Waals surface area contributed by atoms with Crippen molar-refractivity contribution < 1.29 is 27.8 Å². The van der Waals surface area contributed by atoms with E-state index < -0.39 is 22.7 Å². The van der Waals surface area contributed by atoms with E-state index in [9.17, 15) is 23.1 Å². The number of aliphatic hydroxyl groups is 1. The lowest BCUT2D eigenvalue weighted by Gasteiger charge is -2.12. The molecule has 36 heavy (non-hydrogen) atoms. The van der Waals surface area contributed by atoms with Crippen LogP contribution < -0.4 is 15.4 Å². The summed E-state index contributed by atoms with van der Waals surface area (Å²) < 4.78 is 45.0. The standard InChI is InChI=1S/C25H22ClF3N4O3/c26-21-6-5-16(11-20(21)25(27,28)29)32-23(35)7-4-15-2-1-3-18(10-15)36-19-8-9-30-22(12-19)24-31-13-17(14-34)33-24/h1-3,5-6,8-12,17,34H,4,7,13-14H2,(H,31,33)(H,32,35). The molecule has 0 aliphatic carbocycles. The summed E-state index contributed by atoms with van der Waals surface area (Å²) >= 11 is 5.62. The molecule has 1 atom stereocenters. The van der Waals surface area contributed by atoms with Gasteiger partial charge in [-0.3, -0.25) is 14.8 Å². The van der Waals surface area contributed by atoms with Gasteiger partial charge in [-0.25, -0.2) is 0 Å². The monoisotopic (exact) mass is 518 g/mol. The molecule has 188 valence electrons. The predicted octanol–water partition coefficient (Wildman–Crippen LogP) is 4.83. The smallest absolute Gasteiger partial charge is 0.417 e. The Hall–Kier alpha value is -3.63. The average molecular weight is 519 g/mol. The summed E-state index contributed by atoms with van der Waals surface area (Å²) in [6.45, 7) is 0.488. The van der Waals surface area contributed by atoms with Gasteiger partial charge in [-0.05, 0) is 48.4 Å². The highest BCUT2D eigenvalue weighted by Gasteiger charge is 2.33. The second kappa shape index (κ2) is 11.0. The van der Waals surface area contributed by atoms with Crippen molar-refractivity contribution in [2.75, 3.05) is 18.5 Å². The Kier molecular flexibility index (Phi) is 7.76. The zero-order valence-corrected chi connectivity index (χ0v) is 19.6. The fraction of sp³-hybridized carbons (Fsp3) is 0.240. The number of aliphatic imine (C=N–C) groups is 1. The quantitative estimate of drug-likeness (QED) is 0.397. The van der Waals surface area contributed by atoms with Crippen LogP contribution in [0.15, 0.2) is 65.8 Å². The number of carbonyl (C=O) groups is 1. The van der Waals surface area contributed by atoms with E-state index in [2.05, 4.69) is 20.6 Å². The van der Waals surface area contributed by atoms with Crippen LogP contribution in [0.3, 0.4) is 0 Å². The fourth-order valence-corrected chi connectivity index (χ4v) is 3.78. The van der Waals surface area contributed by atoms with E-state index in [0.29, 0.717) is 36.0 Å². The van der Waals surface area contributed by atoms with Crippen LogP contribution in [0, 0.1) is 0 Å². The molecule has 1 aliphatic rings. The first-order valence-corrected chi connectivity index (χ1v) is 11.4. The largest absolute Gasteiger partial charge is 0.457 e. The molecule has 1 amide bonds. The van der Waals surface area contributed by atoms with Gasteiger partial charge in [0.05, 0.1) is 23.2 Å². The molecule has 0 spiro atoms. The van der Waals surface area contributed by atoms with Crippen LogP contribution in [0.4, 0.5) is 18.9 Å². The number of nitrogens with zero attached hydrogens (tertiary/aromatic N) is 2. The van der Waals surface area contributed by atoms with Crippen molar-refractivity contribution in [3.8, 4) is 11.5 Å². The molecule has 0 saturated carbocycles. The first kappa shape index (κ1) is 25.5. The van der Waals surface area contributed by atoms with E-state index in [-0.39, 0.29) is 24.8 Å². The van der Waals surface area contributed by atoms with Crippen LogP contribution >= 0.6 is 11.6 Å². The molecule has 4 rings (SSSR count).